The van der Waals surface area contributed by atoms with Crippen molar-refractivity contribution < 1.29 is 24.7 Å². The summed E-state index contributed by atoms with van der Waals surface area (Å²) >= 11 is 0. The summed E-state index contributed by atoms with van der Waals surface area (Å²) in [6, 6.07) is 0. The fourth-order valence-corrected chi connectivity index (χ4v) is 0.538. The van der Waals surface area contributed by atoms with Crippen LogP contribution in [0.25, 0.3) is 0 Å². The van der Waals surface area contributed by atoms with E-state index in [4.69, 9.17) is 15.1 Å². The van der Waals surface area contributed by atoms with E-state index in [0.717, 1.165) is 0 Å². The fraction of sp³-hybridized carbons (Fsp3) is 1.00. The molecule has 2 unspecified atom stereocenters. The lowest BCUT2D eigenvalue weighted by Crippen LogP contribution is -2.05. The van der Waals surface area contributed by atoms with E-state index in [9.17, 15) is 0 Å². The van der Waals surface area contributed by atoms with Crippen molar-refractivity contribution >= 4 is 0 Å². The molecule has 0 aromatic carbocycles. The molecule has 1 heterocycles. The summed E-state index contributed by atoms with van der Waals surface area (Å²) < 4.78 is 9.29. The Labute approximate surface area is 51.7 Å². The van der Waals surface area contributed by atoms with Crippen LogP contribution in [-0.4, -0.2) is 36.2 Å². The zero-order valence-corrected chi connectivity index (χ0v) is 4.69. The maximum atomic E-state index is 8.16. The molecule has 0 aromatic rings. The van der Waals surface area contributed by atoms with Gasteiger partial charge in [0.1, 0.15) is 19.5 Å². The van der Waals surface area contributed by atoms with Crippen molar-refractivity contribution in [3.63, 3.8) is 0 Å². The molecule has 1 rings (SSSR count). The second-order valence-electron chi connectivity index (χ2n) is 1.63. The summed E-state index contributed by atoms with van der Waals surface area (Å²) in [6.07, 6.45) is -0.621. The van der Waals surface area contributed by atoms with Crippen LogP contribution in [-0.2, 0) is 14.4 Å². The maximum absolute atomic E-state index is 8.16. The van der Waals surface area contributed by atoms with Crippen molar-refractivity contribution in [1.82, 2.24) is 0 Å². The molecule has 54 valence electrons. The topological polar surface area (TPSA) is 71.5 Å². The second kappa shape index (κ2) is 3.09. The van der Waals surface area contributed by atoms with Gasteiger partial charge in [-0.25, -0.2) is 4.89 Å². The third kappa shape index (κ3) is 1.88. The van der Waals surface area contributed by atoms with Crippen LogP contribution in [0, 0.1) is 0 Å². The molecule has 2 N–H and O–H groups in total. The third-order valence-corrected chi connectivity index (χ3v) is 1.01. The molecule has 0 bridgehead atoms. The Morgan fingerprint density at radius 3 is 2.89 bits per heavy atom. The van der Waals surface area contributed by atoms with Crippen molar-refractivity contribution in [1.29, 1.82) is 0 Å². The summed E-state index contributed by atoms with van der Waals surface area (Å²) in [5.74, 6) is 0. The van der Waals surface area contributed by atoms with Crippen molar-refractivity contribution in [2.75, 3.05) is 13.4 Å². The van der Waals surface area contributed by atoms with E-state index in [1.807, 2.05) is 0 Å². The maximum Gasteiger partial charge on any atom is 0.189 e. The van der Waals surface area contributed by atoms with Gasteiger partial charge in [-0.05, 0) is 0 Å². The van der Waals surface area contributed by atoms with Gasteiger partial charge in [-0.3, -0.25) is 5.26 Å². The first kappa shape index (κ1) is 6.91. The predicted molar refractivity (Wildman–Crippen MR) is 25.4 cm³/mol. The van der Waals surface area contributed by atoms with Crippen LogP contribution in [0.4, 0.5) is 0 Å². The van der Waals surface area contributed by atoms with Crippen LogP contribution in [0.2, 0.25) is 0 Å². The largest absolute Gasteiger partial charge is 0.371 e. The van der Waals surface area contributed by atoms with Gasteiger partial charge in [0.05, 0.1) is 0 Å². The molecule has 1 aliphatic heterocycles. The van der Waals surface area contributed by atoms with Gasteiger partial charge >= 0.3 is 0 Å². The van der Waals surface area contributed by atoms with Crippen molar-refractivity contribution in [3.8, 4) is 0 Å². The number of aliphatic hydroxyl groups excluding tert-OH is 1. The van der Waals surface area contributed by atoms with Crippen molar-refractivity contribution in [2.24, 2.45) is 0 Å². The summed E-state index contributed by atoms with van der Waals surface area (Å²) in [5, 5.41) is 16.0. The van der Waals surface area contributed by atoms with Crippen LogP contribution < -0.4 is 0 Å². The SMILES string of the molecule is OCOC1OC1COO. The molecule has 0 saturated carbocycles. The van der Waals surface area contributed by atoms with Gasteiger partial charge < -0.3 is 14.6 Å². The van der Waals surface area contributed by atoms with Gasteiger partial charge in [-0.2, -0.15) is 0 Å². The van der Waals surface area contributed by atoms with Gasteiger partial charge in [-0.1, -0.05) is 0 Å². The number of aliphatic hydroxyl groups is 1. The van der Waals surface area contributed by atoms with E-state index >= 15 is 0 Å². The Morgan fingerprint density at radius 2 is 2.33 bits per heavy atom. The van der Waals surface area contributed by atoms with E-state index in [-0.39, 0.29) is 19.5 Å². The minimum atomic E-state index is -0.401. The zero-order chi connectivity index (χ0) is 6.69. The highest BCUT2D eigenvalue weighted by molar-refractivity contribution is 4.74. The quantitative estimate of drug-likeness (QED) is 0.228. The van der Waals surface area contributed by atoms with Crippen LogP contribution in [0.15, 0.2) is 0 Å². The highest BCUT2D eigenvalue weighted by atomic mass is 17.1. The predicted octanol–water partition coefficient (Wildman–Crippen LogP) is -0.833. The van der Waals surface area contributed by atoms with Crippen LogP contribution in [0.3, 0.4) is 0 Å². The Morgan fingerprint density at radius 1 is 1.56 bits per heavy atom. The van der Waals surface area contributed by atoms with E-state index < -0.39 is 6.29 Å². The van der Waals surface area contributed by atoms with Gasteiger partial charge in [0.25, 0.3) is 0 Å². The summed E-state index contributed by atoms with van der Waals surface area (Å²) in [5.41, 5.74) is 0. The molecule has 0 spiro atoms. The average Bonchev–Trinajstić information content (AvgIpc) is 2.50. The van der Waals surface area contributed by atoms with Crippen molar-refractivity contribution in [2.45, 2.75) is 12.4 Å². The Bertz CT molecular complexity index is 75.0. The first-order valence-electron chi connectivity index (χ1n) is 2.52. The number of hydrogen-bond donors (Lipinski definition) is 2. The van der Waals surface area contributed by atoms with E-state index in [0.29, 0.717) is 0 Å². The first-order valence-corrected chi connectivity index (χ1v) is 2.52. The van der Waals surface area contributed by atoms with Crippen molar-refractivity contribution in [3.05, 3.63) is 0 Å². The lowest BCUT2D eigenvalue weighted by molar-refractivity contribution is -0.245. The van der Waals surface area contributed by atoms with Gasteiger partial charge in [0.15, 0.2) is 6.29 Å². The van der Waals surface area contributed by atoms with Crippen LogP contribution >= 0.6 is 0 Å². The van der Waals surface area contributed by atoms with E-state index in [2.05, 4.69) is 9.62 Å². The second-order valence-corrected chi connectivity index (χ2v) is 1.63. The molecule has 0 amide bonds. The molecule has 5 nitrogen and oxygen atoms in total. The zero-order valence-electron chi connectivity index (χ0n) is 4.69. The fourth-order valence-electron chi connectivity index (χ4n) is 0.538. The van der Waals surface area contributed by atoms with E-state index in [1.165, 1.54) is 0 Å². The Hall–Kier alpha value is -0.200. The number of rotatable bonds is 4. The molecule has 0 aliphatic carbocycles. The third-order valence-electron chi connectivity index (χ3n) is 1.01. The molecule has 1 fully saturated rings. The first-order chi connectivity index (χ1) is 4.38. The minimum absolute atomic E-state index is 0.0880. The smallest absolute Gasteiger partial charge is 0.189 e. The van der Waals surface area contributed by atoms with Gasteiger partial charge in [0.2, 0.25) is 0 Å². The molecule has 1 aliphatic rings. The van der Waals surface area contributed by atoms with Gasteiger partial charge in [-0.15, -0.1) is 0 Å². The summed E-state index contributed by atoms with van der Waals surface area (Å²) in [6.45, 7) is -0.280. The normalized spacial score (nSPS) is 32.7. The van der Waals surface area contributed by atoms with Crippen LogP contribution in [0.5, 0.6) is 0 Å². The minimum Gasteiger partial charge on any atom is -0.371 e. The Kier molecular flexibility index (Phi) is 2.38. The monoisotopic (exact) mass is 136 g/mol. The molecule has 2 atom stereocenters. The summed E-state index contributed by atoms with van der Waals surface area (Å²) in [7, 11) is 0. The molecule has 9 heavy (non-hydrogen) atoms. The molecule has 1 saturated heterocycles. The lowest BCUT2D eigenvalue weighted by Gasteiger charge is -1.90. The summed E-state index contributed by atoms with van der Waals surface area (Å²) in [4.78, 5) is 3.76. The standard InChI is InChI=1S/C4H8O5/c5-2-7-4-3(9-4)1-8-6/h3-6H,1-2H2. The molecular weight excluding hydrogens is 128 g/mol. The molecule has 0 aromatic heterocycles. The highest BCUT2D eigenvalue weighted by Crippen LogP contribution is 2.22. The highest BCUT2D eigenvalue weighted by Gasteiger charge is 2.40. The molecule has 0 radical (unpaired) electrons. The number of hydrogen-bond acceptors (Lipinski definition) is 5. The number of epoxide rings is 1. The van der Waals surface area contributed by atoms with Crippen LogP contribution in [0.1, 0.15) is 0 Å². The number of ether oxygens (including phenoxy) is 2. The average molecular weight is 136 g/mol. The Balaban J connectivity index is 1.96. The lowest BCUT2D eigenvalue weighted by atomic mass is 10.5. The van der Waals surface area contributed by atoms with E-state index in [1.54, 1.807) is 0 Å². The molecular formula is C4H8O5. The molecule has 5 heteroatoms. The van der Waals surface area contributed by atoms with Gasteiger partial charge in [0, 0.05) is 0 Å².